The monoisotopic (exact) mass is 398 g/mol. The van der Waals surface area contributed by atoms with Crippen molar-refractivity contribution in [1.29, 1.82) is 5.26 Å². The number of aromatic nitrogens is 1. The van der Waals surface area contributed by atoms with E-state index in [2.05, 4.69) is 4.98 Å². The lowest BCUT2D eigenvalue weighted by Gasteiger charge is -2.13. The van der Waals surface area contributed by atoms with Crippen LogP contribution < -0.4 is 0 Å². The summed E-state index contributed by atoms with van der Waals surface area (Å²) in [4.78, 5) is 4.28. The number of rotatable bonds is 2. The molecule has 0 N–H and O–H groups in total. The van der Waals surface area contributed by atoms with Gasteiger partial charge < -0.3 is 0 Å². The largest absolute Gasteiger partial charge is 0.250 e. The van der Waals surface area contributed by atoms with Crippen LogP contribution in [0, 0.1) is 11.3 Å². The van der Waals surface area contributed by atoms with Gasteiger partial charge in [0.05, 0.1) is 54.0 Å². The van der Waals surface area contributed by atoms with E-state index in [0.29, 0.717) is 22.0 Å². The SMILES string of the molecule is N#CCc1nc(-c2c(Cl)c(Cl)c(Cl)c(Cl)c2Cl)ccc1Cl. The number of benzene rings is 1. The van der Waals surface area contributed by atoms with Gasteiger partial charge in [0.1, 0.15) is 0 Å². The molecule has 0 unspecified atom stereocenters. The molecule has 0 aliphatic rings. The zero-order valence-electron chi connectivity index (χ0n) is 10.0. The predicted octanol–water partition coefficient (Wildman–Crippen LogP) is 6.74. The van der Waals surface area contributed by atoms with Crippen LogP contribution in [0.25, 0.3) is 11.3 Å². The molecule has 0 saturated heterocycles. The number of hydrogen-bond donors (Lipinski definition) is 0. The third kappa shape index (κ3) is 3.19. The van der Waals surface area contributed by atoms with E-state index in [1.807, 2.05) is 6.07 Å². The van der Waals surface area contributed by atoms with E-state index < -0.39 is 0 Å². The molecule has 108 valence electrons. The van der Waals surface area contributed by atoms with Crippen molar-refractivity contribution >= 4 is 69.6 Å². The molecule has 2 aromatic rings. The van der Waals surface area contributed by atoms with Gasteiger partial charge in [-0.3, -0.25) is 4.98 Å². The molecule has 1 aromatic heterocycles. The highest BCUT2D eigenvalue weighted by atomic mass is 35.5. The molecule has 1 aromatic carbocycles. The maximum absolute atomic E-state index is 8.78. The highest BCUT2D eigenvalue weighted by Crippen LogP contribution is 2.47. The normalized spacial score (nSPS) is 10.5. The third-order valence-corrected chi connectivity index (χ3v) is 5.25. The maximum Gasteiger partial charge on any atom is 0.0809 e. The van der Waals surface area contributed by atoms with Gasteiger partial charge in [-0.25, -0.2) is 0 Å². The molecule has 0 amide bonds. The lowest BCUT2D eigenvalue weighted by Crippen LogP contribution is -1.95. The quantitative estimate of drug-likeness (QED) is 0.413. The molecule has 2 rings (SSSR count). The van der Waals surface area contributed by atoms with Crippen LogP contribution in [-0.2, 0) is 6.42 Å². The first-order valence-electron chi connectivity index (χ1n) is 5.42. The molecule has 21 heavy (non-hydrogen) atoms. The van der Waals surface area contributed by atoms with Crippen molar-refractivity contribution in [3.63, 3.8) is 0 Å². The Balaban J connectivity index is 2.74. The molecule has 0 fully saturated rings. The van der Waals surface area contributed by atoms with E-state index in [9.17, 15) is 0 Å². The number of hydrogen-bond acceptors (Lipinski definition) is 2. The van der Waals surface area contributed by atoms with E-state index in [1.165, 1.54) is 0 Å². The first kappa shape index (κ1) is 17.0. The lowest BCUT2D eigenvalue weighted by atomic mass is 10.1. The molecule has 0 bridgehead atoms. The minimum absolute atomic E-state index is 0.0525. The van der Waals surface area contributed by atoms with Crippen molar-refractivity contribution in [3.05, 3.63) is 48.0 Å². The average molecular weight is 401 g/mol. The Hall–Kier alpha value is -0.400. The van der Waals surface area contributed by atoms with Gasteiger partial charge in [-0.15, -0.1) is 0 Å². The van der Waals surface area contributed by atoms with E-state index in [-0.39, 0.29) is 31.5 Å². The van der Waals surface area contributed by atoms with Crippen LogP contribution in [0.1, 0.15) is 5.69 Å². The van der Waals surface area contributed by atoms with Crippen LogP contribution in [0.4, 0.5) is 0 Å². The zero-order chi connectivity index (χ0) is 15.7. The third-order valence-electron chi connectivity index (χ3n) is 2.63. The van der Waals surface area contributed by atoms with Crippen LogP contribution in [-0.4, -0.2) is 4.98 Å². The molecular formula is C13H4Cl6N2. The van der Waals surface area contributed by atoms with Gasteiger partial charge in [0.25, 0.3) is 0 Å². The van der Waals surface area contributed by atoms with Crippen LogP contribution in [0.5, 0.6) is 0 Å². The number of nitrogens with zero attached hydrogens (tertiary/aromatic N) is 2. The van der Waals surface area contributed by atoms with E-state index in [4.69, 9.17) is 74.9 Å². The first-order chi connectivity index (χ1) is 9.88. The Morgan fingerprint density at radius 3 is 1.90 bits per heavy atom. The minimum atomic E-state index is 0.0525. The molecule has 1 heterocycles. The summed E-state index contributed by atoms with van der Waals surface area (Å²) in [5.41, 5.74) is 1.15. The van der Waals surface area contributed by atoms with Crippen LogP contribution in [0.15, 0.2) is 12.1 Å². The lowest BCUT2D eigenvalue weighted by molar-refractivity contribution is 1.12. The van der Waals surface area contributed by atoms with E-state index in [1.54, 1.807) is 12.1 Å². The molecule has 0 aliphatic heterocycles. The van der Waals surface area contributed by atoms with Gasteiger partial charge in [0, 0.05) is 5.56 Å². The van der Waals surface area contributed by atoms with E-state index in [0.717, 1.165) is 0 Å². The molecule has 0 atom stereocenters. The van der Waals surface area contributed by atoms with Crippen molar-refractivity contribution in [3.8, 4) is 17.3 Å². The summed E-state index contributed by atoms with van der Waals surface area (Å²) >= 11 is 36.3. The van der Waals surface area contributed by atoms with Gasteiger partial charge in [-0.1, -0.05) is 69.6 Å². The minimum Gasteiger partial charge on any atom is -0.250 e. The molecule has 0 saturated carbocycles. The summed E-state index contributed by atoms with van der Waals surface area (Å²) in [5.74, 6) is 0. The Labute approximate surface area is 151 Å². The zero-order valence-corrected chi connectivity index (χ0v) is 14.6. The van der Waals surface area contributed by atoms with Gasteiger partial charge in [0.2, 0.25) is 0 Å². The number of nitriles is 1. The van der Waals surface area contributed by atoms with Crippen LogP contribution in [0.2, 0.25) is 30.1 Å². The predicted molar refractivity (Wildman–Crippen MR) is 89.0 cm³/mol. The molecular weight excluding hydrogens is 397 g/mol. The average Bonchev–Trinajstić information content (AvgIpc) is 2.47. The van der Waals surface area contributed by atoms with Crippen molar-refractivity contribution in [2.45, 2.75) is 6.42 Å². The molecule has 0 radical (unpaired) electrons. The second kappa shape index (κ2) is 6.79. The topological polar surface area (TPSA) is 36.7 Å². The van der Waals surface area contributed by atoms with Crippen molar-refractivity contribution in [2.75, 3.05) is 0 Å². The van der Waals surface area contributed by atoms with Gasteiger partial charge in [-0.05, 0) is 12.1 Å². The first-order valence-corrected chi connectivity index (χ1v) is 7.69. The van der Waals surface area contributed by atoms with Gasteiger partial charge in [0.15, 0.2) is 0 Å². The fourth-order valence-corrected chi connectivity index (χ4v) is 3.16. The van der Waals surface area contributed by atoms with Crippen molar-refractivity contribution in [2.24, 2.45) is 0 Å². The summed E-state index contributed by atoms with van der Waals surface area (Å²) in [6.07, 6.45) is 0.0525. The summed E-state index contributed by atoms with van der Waals surface area (Å²) < 4.78 is 0. The standard InChI is InChI=1S/C13H4Cl6N2/c14-5-1-2-7(21-6(5)3-4-20)8-9(15)11(17)13(19)12(18)10(8)16/h1-2H,3H2. The molecule has 8 heteroatoms. The Bertz CT molecular complexity index is 737. The van der Waals surface area contributed by atoms with E-state index >= 15 is 0 Å². The highest BCUT2D eigenvalue weighted by Gasteiger charge is 2.21. The Morgan fingerprint density at radius 1 is 0.857 bits per heavy atom. The number of pyridine rings is 1. The maximum atomic E-state index is 8.78. The van der Waals surface area contributed by atoms with Gasteiger partial charge in [-0.2, -0.15) is 5.26 Å². The molecule has 2 nitrogen and oxygen atoms in total. The second-order valence-corrected chi connectivity index (χ2v) is 6.20. The Morgan fingerprint density at radius 2 is 1.38 bits per heavy atom. The van der Waals surface area contributed by atoms with Crippen LogP contribution in [0.3, 0.4) is 0 Å². The van der Waals surface area contributed by atoms with Gasteiger partial charge >= 0.3 is 0 Å². The fourth-order valence-electron chi connectivity index (χ4n) is 1.65. The summed E-state index contributed by atoms with van der Waals surface area (Å²) in [7, 11) is 0. The second-order valence-electron chi connectivity index (χ2n) is 3.90. The van der Waals surface area contributed by atoms with Crippen LogP contribution >= 0.6 is 69.6 Å². The smallest absolute Gasteiger partial charge is 0.0809 e. The summed E-state index contributed by atoms with van der Waals surface area (Å²) in [6.45, 7) is 0. The Kier molecular flexibility index (Phi) is 5.48. The molecule has 0 aliphatic carbocycles. The fraction of sp³-hybridized carbons (Fsp3) is 0.0769. The number of halogens is 6. The van der Waals surface area contributed by atoms with Crippen molar-refractivity contribution in [1.82, 2.24) is 4.98 Å². The summed E-state index contributed by atoms with van der Waals surface area (Å²) in [6, 6.07) is 5.18. The van der Waals surface area contributed by atoms with Crippen molar-refractivity contribution < 1.29 is 0 Å². The summed E-state index contributed by atoms with van der Waals surface area (Å²) in [5, 5.41) is 9.66. The highest BCUT2D eigenvalue weighted by molar-refractivity contribution is 6.56. The molecule has 0 spiro atoms.